The normalized spacial score (nSPS) is 19.1. The molecule has 0 aliphatic carbocycles. The van der Waals surface area contributed by atoms with Crippen LogP contribution in [0.1, 0.15) is 37.5 Å². The highest BCUT2D eigenvalue weighted by Crippen LogP contribution is 2.18. The fourth-order valence-electron chi connectivity index (χ4n) is 2.96. The molecule has 0 saturated carbocycles. The molecule has 22 heavy (non-hydrogen) atoms. The fourth-order valence-corrected chi connectivity index (χ4v) is 2.96. The number of aryl methyl sites for hydroxylation is 2. The van der Waals surface area contributed by atoms with E-state index in [1.165, 1.54) is 16.7 Å². The van der Waals surface area contributed by atoms with Crippen molar-refractivity contribution in [1.82, 2.24) is 10.2 Å². The predicted molar refractivity (Wildman–Crippen MR) is 89.2 cm³/mol. The lowest BCUT2D eigenvalue weighted by atomic mass is 9.99. The summed E-state index contributed by atoms with van der Waals surface area (Å²) in [4.78, 5) is 14.3. The minimum absolute atomic E-state index is 0.143. The van der Waals surface area contributed by atoms with Crippen molar-refractivity contribution >= 4 is 6.09 Å². The first-order valence-corrected chi connectivity index (χ1v) is 8.02. The van der Waals surface area contributed by atoms with Crippen LogP contribution in [0, 0.1) is 13.8 Å². The summed E-state index contributed by atoms with van der Waals surface area (Å²) >= 11 is 0. The van der Waals surface area contributed by atoms with Crippen molar-refractivity contribution in [3.8, 4) is 0 Å². The van der Waals surface area contributed by atoms with E-state index in [4.69, 9.17) is 4.74 Å². The van der Waals surface area contributed by atoms with E-state index in [-0.39, 0.29) is 12.1 Å². The van der Waals surface area contributed by atoms with Crippen LogP contribution in [0.4, 0.5) is 4.79 Å². The third-order valence-corrected chi connectivity index (χ3v) is 3.73. The molecule has 4 heteroatoms. The van der Waals surface area contributed by atoms with Crippen LogP contribution in [0.15, 0.2) is 18.2 Å². The van der Waals surface area contributed by atoms with Gasteiger partial charge in [0.05, 0.1) is 6.04 Å². The molecule has 0 aromatic heterocycles. The molecule has 1 fully saturated rings. The smallest absolute Gasteiger partial charge is 0.410 e. The average molecular weight is 304 g/mol. The van der Waals surface area contributed by atoms with E-state index >= 15 is 0 Å². The molecule has 0 bridgehead atoms. The van der Waals surface area contributed by atoms with Gasteiger partial charge in [-0.25, -0.2) is 4.79 Å². The number of hydrogen-bond acceptors (Lipinski definition) is 3. The van der Waals surface area contributed by atoms with Crippen molar-refractivity contribution in [2.75, 3.05) is 19.6 Å². The van der Waals surface area contributed by atoms with Crippen molar-refractivity contribution in [3.05, 3.63) is 34.9 Å². The SMILES string of the molecule is Cc1cc(C)cc(CC2CNCCN2C(=O)OC(C)(C)C)c1. The summed E-state index contributed by atoms with van der Waals surface area (Å²) in [6, 6.07) is 6.72. The number of piperazine rings is 1. The second-order valence-electron chi connectivity index (χ2n) is 7.23. The van der Waals surface area contributed by atoms with Gasteiger partial charge in [0.15, 0.2) is 0 Å². The van der Waals surface area contributed by atoms with Gasteiger partial charge in [-0.15, -0.1) is 0 Å². The number of nitrogens with one attached hydrogen (secondary N) is 1. The molecule has 1 aliphatic heterocycles. The molecule has 1 atom stereocenters. The Morgan fingerprint density at radius 1 is 1.27 bits per heavy atom. The Kier molecular flexibility index (Phi) is 5.12. The van der Waals surface area contributed by atoms with Gasteiger partial charge in [-0.1, -0.05) is 29.3 Å². The van der Waals surface area contributed by atoms with E-state index in [2.05, 4.69) is 37.4 Å². The highest BCUT2D eigenvalue weighted by molar-refractivity contribution is 5.68. The van der Waals surface area contributed by atoms with Crippen molar-refractivity contribution < 1.29 is 9.53 Å². The van der Waals surface area contributed by atoms with Gasteiger partial charge in [0.2, 0.25) is 0 Å². The summed E-state index contributed by atoms with van der Waals surface area (Å²) in [5.41, 5.74) is 3.36. The van der Waals surface area contributed by atoms with E-state index in [1.807, 2.05) is 25.7 Å². The molecule has 1 unspecified atom stereocenters. The van der Waals surface area contributed by atoms with Crippen molar-refractivity contribution in [1.29, 1.82) is 0 Å². The van der Waals surface area contributed by atoms with Gasteiger partial charge >= 0.3 is 6.09 Å². The topological polar surface area (TPSA) is 41.6 Å². The summed E-state index contributed by atoms with van der Waals surface area (Å²) in [5.74, 6) is 0. The van der Waals surface area contributed by atoms with Gasteiger partial charge in [-0.3, -0.25) is 0 Å². The number of benzene rings is 1. The first kappa shape index (κ1) is 16.8. The maximum atomic E-state index is 12.4. The monoisotopic (exact) mass is 304 g/mol. The number of nitrogens with zero attached hydrogens (tertiary/aromatic N) is 1. The Labute approximate surface area is 133 Å². The Bertz CT molecular complexity index is 514. The molecule has 1 amide bonds. The standard InChI is InChI=1S/C18H28N2O2/c1-13-8-14(2)10-15(9-13)11-16-12-19-6-7-20(16)17(21)22-18(3,4)5/h8-10,16,19H,6-7,11-12H2,1-5H3. The van der Waals surface area contributed by atoms with E-state index in [0.29, 0.717) is 6.54 Å². The minimum Gasteiger partial charge on any atom is -0.444 e. The molecule has 1 heterocycles. The van der Waals surface area contributed by atoms with Crippen LogP contribution >= 0.6 is 0 Å². The summed E-state index contributed by atoms with van der Waals surface area (Å²) in [7, 11) is 0. The molecule has 1 aromatic carbocycles. The van der Waals surface area contributed by atoms with Crippen molar-refractivity contribution in [3.63, 3.8) is 0 Å². The van der Waals surface area contributed by atoms with Crippen LogP contribution in [-0.2, 0) is 11.2 Å². The van der Waals surface area contributed by atoms with Crippen molar-refractivity contribution in [2.45, 2.75) is 52.7 Å². The molecule has 4 nitrogen and oxygen atoms in total. The van der Waals surface area contributed by atoms with E-state index in [1.54, 1.807) is 0 Å². The number of carbonyl (C=O) groups excluding carboxylic acids is 1. The van der Waals surface area contributed by atoms with Crippen molar-refractivity contribution in [2.24, 2.45) is 0 Å². The molecular weight excluding hydrogens is 276 g/mol. The first-order valence-electron chi connectivity index (χ1n) is 8.02. The zero-order valence-corrected chi connectivity index (χ0v) is 14.4. The Morgan fingerprint density at radius 2 is 1.91 bits per heavy atom. The molecule has 1 aromatic rings. The summed E-state index contributed by atoms with van der Waals surface area (Å²) in [6.45, 7) is 12.3. The number of rotatable bonds is 2. The molecule has 2 rings (SSSR count). The zero-order valence-electron chi connectivity index (χ0n) is 14.4. The van der Waals surface area contributed by atoms with Gasteiger partial charge in [0.25, 0.3) is 0 Å². The zero-order chi connectivity index (χ0) is 16.3. The predicted octanol–water partition coefficient (Wildman–Crippen LogP) is 3.05. The maximum Gasteiger partial charge on any atom is 0.410 e. The number of amides is 1. The van der Waals surface area contributed by atoms with Crippen LogP contribution in [-0.4, -0.2) is 42.3 Å². The number of ether oxygens (including phenoxy) is 1. The average Bonchev–Trinajstić information content (AvgIpc) is 2.35. The lowest BCUT2D eigenvalue weighted by molar-refractivity contribution is 0.0122. The van der Waals surface area contributed by atoms with Crippen LogP contribution in [0.3, 0.4) is 0 Å². The Balaban J connectivity index is 2.11. The molecule has 1 aliphatic rings. The molecular formula is C18H28N2O2. The van der Waals surface area contributed by atoms with Gasteiger partial charge in [0.1, 0.15) is 5.60 Å². The van der Waals surface area contributed by atoms with Crippen LogP contribution in [0.2, 0.25) is 0 Å². The van der Waals surface area contributed by atoms with E-state index in [9.17, 15) is 4.79 Å². The molecule has 122 valence electrons. The summed E-state index contributed by atoms with van der Waals surface area (Å²) in [5, 5.41) is 3.38. The Hall–Kier alpha value is -1.55. The van der Waals surface area contributed by atoms with Crippen LogP contribution < -0.4 is 5.32 Å². The van der Waals surface area contributed by atoms with Crippen LogP contribution in [0.25, 0.3) is 0 Å². The second kappa shape index (κ2) is 6.69. The highest BCUT2D eigenvalue weighted by Gasteiger charge is 2.30. The largest absolute Gasteiger partial charge is 0.444 e. The third-order valence-electron chi connectivity index (χ3n) is 3.73. The minimum atomic E-state index is -0.452. The molecule has 0 spiro atoms. The summed E-state index contributed by atoms with van der Waals surface area (Å²) < 4.78 is 5.55. The molecule has 0 radical (unpaired) electrons. The quantitative estimate of drug-likeness (QED) is 0.913. The van der Waals surface area contributed by atoms with Gasteiger partial charge in [-0.05, 0) is 46.6 Å². The van der Waals surface area contributed by atoms with Gasteiger partial charge in [-0.2, -0.15) is 0 Å². The molecule has 1 saturated heterocycles. The lowest BCUT2D eigenvalue weighted by Crippen LogP contribution is -2.55. The second-order valence-corrected chi connectivity index (χ2v) is 7.23. The highest BCUT2D eigenvalue weighted by atomic mass is 16.6. The maximum absolute atomic E-state index is 12.4. The first-order chi connectivity index (χ1) is 10.2. The fraction of sp³-hybridized carbons (Fsp3) is 0.611. The molecule has 1 N–H and O–H groups in total. The number of carbonyl (C=O) groups is 1. The lowest BCUT2D eigenvalue weighted by Gasteiger charge is -2.37. The van der Waals surface area contributed by atoms with Gasteiger partial charge < -0.3 is 15.0 Å². The Morgan fingerprint density at radius 3 is 2.50 bits per heavy atom. The van der Waals surface area contributed by atoms with E-state index < -0.39 is 5.60 Å². The van der Waals surface area contributed by atoms with E-state index in [0.717, 1.165) is 19.5 Å². The van der Waals surface area contributed by atoms with Crippen LogP contribution in [0.5, 0.6) is 0 Å². The van der Waals surface area contributed by atoms with Gasteiger partial charge in [0, 0.05) is 19.6 Å². The summed E-state index contributed by atoms with van der Waals surface area (Å²) in [6.07, 6.45) is 0.651. The third kappa shape index (κ3) is 4.73. The number of hydrogen-bond donors (Lipinski definition) is 1.